The lowest BCUT2D eigenvalue weighted by molar-refractivity contribution is -0.221. The van der Waals surface area contributed by atoms with Gasteiger partial charge in [0.1, 0.15) is 0 Å². The van der Waals surface area contributed by atoms with Crippen LogP contribution in [0, 0.1) is 5.92 Å². The highest BCUT2D eigenvalue weighted by Crippen LogP contribution is 2.35. The van der Waals surface area contributed by atoms with E-state index in [1.54, 1.807) is 12.2 Å². The Morgan fingerprint density at radius 2 is 2.00 bits per heavy atom. The molecule has 0 radical (unpaired) electrons. The van der Waals surface area contributed by atoms with Gasteiger partial charge < -0.3 is 9.47 Å². The molecule has 0 amide bonds. The van der Waals surface area contributed by atoms with Crippen molar-refractivity contribution in [2.45, 2.75) is 64.3 Å². The summed E-state index contributed by atoms with van der Waals surface area (Å²) in [5.41, 5.74) is -0.251. The van der Waals surface area contributed by atoms with E-state index in [-0.39, 0.29) is 17.3 Å². The zero-order valence-corrected chi connectivity index (χ0v) is 13.7. The molecule has 0 N–H and O–H groups in total. The predicted octanol–water partition coefficient (Wildman–Crippen LogP) is 2.87. The summed E-state index contributed by atoms with van der Waals surface area (Å²) in [6.45, 7) is 9.38. The molecular formula is C15H31NO3. The zero-order chi connectivity index (χ0) is 14.7. The maximum Gasteiger partial charge on any atom is 0.0868 e. The van der Waals surface area contributed by atoms with E-state index in [0.29, 0.717) is 5.92 Å². The molecule has 0 aromatic rings. The van der Waals surface area contributed by atoms with E-state index >= 15 is 0 Å². The van der Waals surface area contributed by atoms with Gasteiger partial charge in [0.15, 0.2) is 0 Å². The number of ether oxygens (including phenoxy) is 2. The molecule has 1 aliphatic heterocycles. The Morgan fingerprint density at radius 1 is 1.37 bits per heavy atom. The van der Waals surface area contributed by atoms with Gasteiger partial charge in [-0.2, -0.15) is 5.06 Å². The summed E-state index contributed by atoms with van der Waals surface area (Å²) >= 11 is 0. The summed E-state index contributed by atoms with van der Waals surface area (Å²) in [5.74, 6) is 0.541. The summed E-state index contributed by atoms with van der Waals surface area (Å²) in [6.07, 6.45) is 3.23. The zero-order valence-electron chi connectivity index (χ0n) is 13.7. The lowest BCUT2D eigenvalue weighted by atomic mass is 9.81. The molecule has 19 heavy (non-hydrogen) atoms. The minimum absolute atomic E-state index is 0.0355. The smallest absolute Gasteiger partial charge is 0.0868 e. The lowest BCUT2D eigenvalue weighted by Crippen LogP contribution is -2.43. The topological polar surface area (TPSA) is 30.9 Å². The lowest BCUT2D eigenvalue weighted by Gasteiger charge is -2.41. The number of rotatable bonds is 6. The first-order valence-corrected chi connectivity index (χ1v) is 7.18. The fourth-order valence-corrected chi connectivity index (χ4v) is 3.05. The van der Waals surface area contributed by atoms with Gasteiger partial charge in [-0.1, -0.05) is 0 Å². The normalized spacial score (nSPS) is 25.6. The summed E-state index contributed by atoms with van der Waals surface area (Å²) < 4.78 is 11.5. The first-order chi connectivity index (χ1) is 8.65. The highest BCUT2D eigenvalue weighted by atomic mass is 16.7. The standard InChI is InChI=1S/C15H31NO3/c1-14(2)10-12(8-9-18-14)13(17-7)11-15(3,4)19-16(5)6/h12-13H,8-11H2,1-7H3. The van der Waals surface area contributed by atoms with E-state index in [1.807, 2.05) is 14.1 Å². The molecule has 0 saturated carbocycles. The van der Waals surface area contributed by atoms with Crippen LogP contribution in [0.1, 0.15) is 47.0 Å². The second kappa shape index (κ2) is 6.53. The molecule has 0 bridgehead atoms. The number of nitrogens with zero attached hydrogens (tertiary/aromatic N) is 1. The van der Waals surface area contributed by atoms with E-state index < -0.39 is 0 Å². The van der Waals surface area contributed by atoms with Crippen molar-refractivity contribution >= 4 is 0 Å². The van der Waals surface area contributed by atoms with Gasteiger partial charge in [-0.05, 0) is 46.5 Å². The fraction of sp³-hybridized carbons (Fsp3) is 1.00. The predicted molar refractivity (Wildman–Crippen MR) is 77.0 cm³/mol. The van der Waals surface area contributed by atoms with Gasteiger partial charge in [-0.25, -0.2) is 0 Å². The van der Waals surface area contributed by atoms with Crippen molar-refractivity contribution in [3.05, 3.63) is 0 Å². The van der Waals surface area contributed by atoms with Crippen molar-refractivity contribution in [1.82, 2.24) is 5.06 Å². The maximum absolute atomic E-state index is 5.83. The molecule has 2 atom stereocenters. The molecule has 1 rings (SSSR count). The summed E-state index contributed by atoms with van der Waals surface area (Å²) in [5, 5.41) is 1.76. The molecule has 1 fully saturated rings. The quantitative estimate of drug-likeness (QED) is 0.696. The minimum Gasteiger partial charge on any atom is -0.381 e. The average molecular weight is 273 g/mol. The monoisotopic (exact) mass is 273 g/mol. The third-order valence-electron chi connectivity index (χ3n) is 3.69. The molecule has 1 saturated heterocycles. The SMILES string of the molecule is COC(CC(C)(C)ON(C)C)C1CCOC(C)(C)C1. The molecule has 0 aromatic heterocycles. The Kier molecular flexibility index (Phi) is 5.80. The van der Waals surface area contributed by atoms with Crippen LogP contribution in [0.2, 0.25) is 0 Å². The molecule has 0 aromatic carbocycles. The van der Waals surface area contributed by atoms with Crippen LogP contribution in [0.5, 0.6) is 0 Å². The molecule has 1 aliphatic rings. The van der Waals surface area contributed by atoms with Crippen LogP contribution >= 0.6 is 0 Å². The van der Waals surface area contributed by atoms with Gasteiger partial charge in [0, 0.05) is 34.2 Å². The maximum atomic E-state index is 5.83. The van der Waals surface area contributed by atoms with Crippen LogP contribution < -0.4 is 0 Å². The molecule has 114 valence electrons. The summed E-state index contributed by atoms with van der Waals surface area (Å²) in [4.78, 5) is 5.83. The highest BCUT2D eigenvalue weighted by molar-refractivity contribution is 4.86. The van der Waals surface area contributed by atoms with Crippen molar-refractivity contribution in [1.29, 1.82) is 0 Å². The van der Waals surface area contributed by atoms with E-state index in [4.69, 9.17) is 14.3 Å². The Balaban J connectivity index is 2.62. The first-order valence-electron chi connectivity index (χ1n) is 7.18. The summed E-state index contributed by atoms with van der Waals surface area (Å²) in [7, 11) is 5.64. The first kappa shape index (κ1) is 16.9. The Labute approximate surface area is 118 Å². The second-order valence-electron chi connectivity index (χ2n) is 7.00. The molecule has 1 heterocycles. The number of hydrogen-bond donors (Lipinski definition) is 0. The average Bonchev–Trinajstić information content (AvgIpc) is 2.22. The second-order valence-corrected chi connectivity index (χ2v) is 7.00. The fourth-order valence-electron chi connectivity index (χ4n) is 3.05. The molecule has 0 spiro atoms. The highest BCUT2D eigenvalue weighted by Gasteiger charge is 2.36. The van der Waals surface area contributed by atoms with Gasteiger partial charge in [-0.3, -0.25) is 4.84 Å². The van der Waals surface area contributed by atoms with Gasteiger partial charge in [0.25, 0.3) is 0 Å². The van der Waals surface area contributed by atoms with Crippen molar-refractivity contribution in [2.24, 2.45) is 5.92 Å². The van der Waals surface area contributed by atoms with Crippen molar-refractivity contribution < 1.29 is 14.3 Å². The molecule has 2 unspecified atom stereocenters. The van der Waals surface area contributed by atoms with Crippen molar-refractivity contribution in [3.63, 3.8) is 0 Å². The van der Waals surface area contributed by atoms with Crippen molar-refractivity contribution in [3.8, 4) is 0 Å². The van der Waals surface area contributed by atoms with Crippen molar-refractivity contribution in [2.75, 3.05) is 27.8 Å². The van der Waals surface area contributed by atoms with E-state index in [9.17, 15) is 0 Å². The molecular weight excluding hydrogens is 242 g/mol. The Morgan fingerprint density at radius 3 is 2.47 bits per heavy atom. The van der Waals surface area contributed by atoms with Crippen LogP contribution in [0.3, 0.4) is 0 Å². The molecule has 4 heteroatoms. The number of methoxy groups -OCH3 is 1. The summed E-state index contributed by atoms with van der Waals surface area (Å²) in [6, 6.07) is 0. The minimum atomic E-state index is -0.216. The van der Waals surface area contributed by atoms with Crippen LogP contribution in [0.25, 0.3) is 0 Å². The van der Waals surface area contributed by atoms with Crippen LogP contribution in [0.4, 0.5) is 0 Å². The van der Waals surface area contributed by atoms with Crippen LogP contribution in [-0.2, 0) is 14.3 Å². The van der Waals surface area contributed by atoms with Gasteiger partial charge >= 0.3 is 0 Å². The number of hydroxylamine groups is 2. The molecule has 0 aliphatic carbocycles. The largest absolute Gasteiger partial charge is 0.381 e. The van der Waals surface area contributed by atoms with Crippen LogP contribution in [-0.4, -0.2) is 50.2 Å². The number of hydrogen-bond acceptors (Lipinski definition) is 4. The Hall–Kier alpha value is -0.160. The Bertz CT molecular complexity index is 277. The van der Waals surface area contributed by atoms with Gasteiger partial charge in [0.05, 0.1) is 17.3 Å². The van der Waals surface area contributed by atoms with E-state index in [2.05, 4.69) is 27.7 Å². The van der Waals surface area contributed by atoms with Gasteiger partial charge in [-0.15, -0.1) is 0 Å². The molecule has 4 nitrogen and oxygen atoms in total. The van der Waals surface area contributed by atoms with E-state index in [0.717, 1.165) is 25.9 Å². The van der Waals surface area contributed by atoms with Gasteiger partial charge in [0.2, 0.25) is 0 Å². The third-order valence-corrected chi connectivity index (χ3v) is 3.69. The van der Waals surface area contributed by atoms with Crippen LogP contribution in [0.15, 0.2) is 0 Å². The van der Waals surface area contributed by atoms with E-state index in [1.165, 1.54) is 0 Å². The third kappa shape index (κ3) is 5.78.